The fourth-order valence-corrected chi connectivity index (χ4v) is 8.09. The Morgan fingerprint density at radius 1 is 1.09 bits per heavy atom. The number of ether oxygens (including phenoxy) is 2. The van der Waals surface area contributed by atoms with Crippen LogP contribution in [0.2, 0.25) is 0 Å². The van der Waals surface area contributed by atoms with Crippen molar-refractivity contribution in [2.75, 3.05) is 37.7 Å². The number of aromatic amines is 1. The Bertz CT molecular complexity index is 1840. The summed E-state index contributed by atoms with van der Waals surface area (Å²) in [4.78, 5) is 13.2. The van der Waals surface area contributed by atoms with Gasteiger partial charge in [-0.05, 0) is 56.8 Å². The number of fused-ring (bicyclic) bond motifs is 5. The maximum absolute atomic E-state index is 16.9. The highest BCUT2D eigenvalue weighted by Gasteiger charge is 2.49. The Morgan fingerprint density at radius 2 is 1.87 bits per heavy atom. The number of rotatable bonds is 7. The molecule has 6 heterocycles. The van der Waals surface area contributed by atoms with Crippen molar-refractivity contribution in [2.45, 2.75) is 68.4 Å². The molecule has 4 aliphatic heterocycles. The number of halogens is 6. The zero-order valence-electron chi connectivity index (χ0n) is 24.9. The van der Waals surface area contributed by atoms with E-state index >= 15 is 8.78 Å². The van der Waals surface area contributed by atoms with Crippen LogP contribution in [0.1, 0.15) is 37.7 Å². The van der Waals surface area contributed by atoms with Gasteiger partial charge in [-0.2, -0.15) is 15.1 Å². The first-order valence-corrected chi connectivity index (χ1v) is 15.8. The smallest absolute Gasteiger partial charge is 0.461 e. The number of hydrogen-bond donors (Lipinski definition) is 2. The molecule has 0 saturated carbocycles. The second-order valence-corrected chi connectivity index (χ2v) is 13.4. The minimum atomic E-state index is -4.16. The first-order chi connectivity index (χ1) is 22.0. The second-order valence-electron chi connectivity index (χ2n) is 13.0. The van der Waals surface area contributed by atoms with Crippen LogP contribution in [0.4, 0.5) is 27.8 Å². The van der Waals surface area contributed by atoms with Gasteiger partial charge < -0.3 is 19.7 Å². The zero-order chi connectivity index (χ0) is 32.0. The van der Waals surface area contributed by atoms with E-state index in [9.17, 15) is 13.2 Å². The Balaban J connectivity index is 1.30. The van der Waals surface area contributed by atoms with Crippen LogP contribution in [0.3, 0.4) is 0 Å². The van der Waals surface area contributed by atoms with Crippen molar-refractivity contribution in [3.63, 3.8) is 0 Å². The molecule has 4 aliphatic rings. The number of hydrogen-bond acceptors (Lipinski definition) is 8. The summed E-state index contributed by atoms with van der Waals surface area (Å²) in [5, 5.41) is 10.5. The van der Waals surface area contributed by atoms with E-state index in [1.165, 1.54) is 19.2 Å². The molecular formula is C31H31ClF5N7O2. The highest BCUT2D eigenvalue weighted by Crippen LogP contribution is 2.46. The molecule has 0 unspecified atom stereocenters. The van der Waals surface area contributed by atoms with Gasteiger partial charge in [0.05, 0.1) is 22.8 Å². The van der Waals surface area contributed by atoms with Gasteiger partial charge in [-0.3, -0.25) is 10.00 Å². The Kier molecular flexibility index (Phi) is 7.00. The van der Waals surface area contributed by atoms with Crippen LogP contribution < -0.4 is 19.7 Å². The molecule has 0 aliphatic carbocycles. The molecule has 2 N–H and O–H groups in total. The molecule has 4 saturated heterocycles. The van der Waals surface area contributed by atoms with Gasteiger partial charge in [0.2, 0.25) is 0 Å². The highest BCUT2D eigenvalue weighted by molar-refractivity contribution is 6.21. The standard InChI is InChI=1S/C31H31ClF5N7O2/c1-15-7-22-20(10-38-42-22)23(27(15)46-31(32,36)37)24-21(34)8-19-26(25(24)35)40-29(41-28(19)43-12-17-3-4-18(13-43)39-17)45-14-30-5-2-6-44(30)11-16(33)9-30/h7-8,10,16-18,39H,2-6,9,11-14H2,1H3,(H,38,42)/t16-,17-,18+,30+/m1/s1. The fourth-order valence-electron chi connectivity index (χ4n) is 8.01. The van der Waals surface area contributed by atoms with Gasteiger partial charge in [-0.25, -0.2) is 13.2 Å². The molecule has 2 bridgehead atoms. The van der Waals surface area contributed by atoms with Gasteiger partial charge >= 0.3 is 11.6 Å². The van der Waals surface area contributed by atoms with E-state index in [2.05, 4.69) is 30.4 Å². The highest BCUT2D eigenvalue weighted by atomic mass is 35.5. The summed E-state index contributed by atoms with van der Waals surface area (Å²) in [6.07, 6.45) is 4.21. The lowest BCUT2D eigenvalue weighted by Crippen LogP contribution is -2.51. The molecule has 2 aromatic heterocycles. The molecule has 46 heavy (non-hydrogen) atoms. The van der Waals surface area contributed by atoms with Gasteiger partial charge in [-0.15, -0.1) is 8.78 Å². The summed E-state index contributed by atoms with van der Waals surface area (Å²) >= 11 is 5.15. The topological polar surface area (TPSA) is 91.4 Å². The average molecular weight is 664 g/mol. The second kappa shape index (κ2) is 10.8. The normalized spacial score (nSPS) is 26.4. The summed E-state index contributed by atoms with van der Waals surface area (Å²) in [5.41, 5.74) is -5.34. The summed E-state index contributed by atoms with van der Waals surface area (Å²) in [6.45, 7) is 3.78. The number of benzene rings is 2. The quantitative estimate of drug-likeness (QED) is 0.189. The van der Waals surface area contributed by atoms with Crippen molar-refractivity contribution >= 4 is 39.2 Å². The maximum atomic E-state index is 16.9. The van der Waals surface area contributed by atoms with Crippen molar-refractivity contribution < 1.29 is 31.4 Å². The lowest BCUT2D eigenvalue weighted by Gasteiger charge is -2.34. The Morgan fingerprint density at radius 3 is 2.63 bits per heavy atom. The van der Waals surface area contributed by atoms with E-state index in [1.54, 1.807) is 0 Å². The van der Waals surface area contributed by atoms with E-state index in [0.717, 1.165) is 38.3 Å². The summed E-state index contributed by atoms with van der Waals surface area (Å²) in [7, 11) is 0. The minimum Gasteiger partial charge on any atom is -0.461 e. The van der Waals surface area contributed by atoms with Crippen molar-refractivity contribution in [1.82, 2.24) is 30.4 Å². The number of aromatic nitrogens is 4. The third kappa shape index (κ3) is 5.00. The van der Waals surface area contributed by atoms with E-state index in [1.807, 2.05) is 4.90 Å². The molecule has 4 fully saturated rings. The van der Waals surface area contributed by atoms with Crippen LogP contribution in [-0.4, -0.2) is 87.2 Å². The van der Waals surface area contributed by atoms with Gasteiger partial charge in [0, 0.05) is 66.1 Å². The van der Waals surface area contributed by atoms with Gasteiger partial charge in [0.1, 0.15) is 35.7 Å². The lowest BCUT2D eigenvalue weighted by molar-refractivity contribution is -0.0964. The Hall–Kier alpha value is -3.49. The zero-order valence-corrected chi connectivity index (χ0v) is 25.6. The molecule has 2 aromatic carbocycles. The predicted octanol–water partition coefficient (Wildman–Crippen LogP) is 5.82. The van der Waals surface area contributed by atoms with Gasteiger partial charge in [-0.1, -0.05) is 0 Å². The van der Waals surface area contributed by atoms with E-state index in [4.69, 9.17) is 21.1 Å². The van der Waals surface area contributed by atoms with Crippen LogP contribution in [0, 0.1) is 18.6 Å². The van der Waals surface area contributed by atoms with Crippen molar-refractivity contribution in [3.8, 4) is 22.9 Å². The summed E-state index contributed by atoms with van der Waals surface area (Å²) in [6, 6.07) is 2.84. The fraction of sp³-hybridized carbons (Fsp3) is 0.516. The molecule has 0 spiro atoms. The van der Waals surface area contributed by atoms with Crippen LogP contribution in [0.25, 0.3) is 32.9 Å². The van der Waals surface area contributed by atoms with E-state index in [0.29, 0.717) is 37.4 Å². The third-order valence-electron chi connectivity index (χ3n) is 9.94. The number of nitrogens with zero attached hydrogens (tertiary/aromatic N) is 5. The number of nitrogens with one attached hydrogen (secondary N) is 2. The van der Waals surface area contributed by atoms with Gasteiger partial charge in [0.25, 0.3) is 0 Å². The maximum Gasteiger partial charge on any atom is 0.487 e. The molecule has 8 rings (SSSR count). The molecule has 0 amide bonds. The molecule has 15 heteroatoms. The van der Waals surface area contributed by atoms with Crippen molar-refractivity contribution in [2.24, 2.45) is 0 Å². The summed E-state index contributed by atoms with van der Waals surface area (Å²) in [5.74, 6) is -2.33. The van der Waals surface area contributed by atoms with Gasteiger partial charge in [0.15, 0.2) is 5.82 Å². The van der Waals surface area contributed by atoms with Crippen LogP contribution in [0.5, 0.6) is 11.8 Å². The molecule has 0 radical (unpaired) electrons. The van der Waals surface area contributed by atoms with Crippen LogP contribution in [0.15, 0.2) is 18.3 Å². The number of piperazine rings is 1. The largest absolute Gasteiger partial charge is 0.487 e. The molecule has 9 nitrogen and oxygen atoms in total. The number of alkyl halides is 4. The van der Waals surface area contributed by atoms with E-state index < -0.39 is 40.2 Å². The average Bonchev–Trinajstić information content (AvgIpc) is 3.76. The van der Waals surface area contributed by atoms with Crippen LogP contribution in [-0.2, 0) is 0 Å². The van der Waals surface area contributed by atoms with E-state index in [-0.39, 0.29) is 52.1 Å². The molecule has 4 atom stereocenters. The first kappa shape index (κ1) is 29.9. The SMILES string of the molecule is Cc1cc2[nH]ncc2c(-c2c(F)cc3c(N4C[C@H]5CC[C@@H](C4)N5)nc(OC[C@@]45CCCN4C[C@H](F)C5)nc3c2F)c1OC(F)(F)Cl. The lowest BCUT2D eigenvalue weighted by atomic mass is 9.95. The third-order valence-corrected chi connectivity index (χ3v) is 10.0. The predicted molar refractivity (Wildman–Crippen MR) is 161 cm³/mol. The van der Waals surface area contributed by atoms with Crippen molar-refractivity contribution in [1.29, 1.82) is 0 Å². The minimum absolute atomic E-state index is 0.108. The number of aryl methyl sites for hydroxylation is 1. The molecule has 244 valence electrons. The number of anilines is 1. The molecule has 4 aromatic rings. The monoisotopic (exact) mass is 663 g/mol. The molecular weight excluding hydrogens is 633 g/mol. The van der Waals surface area contributed by atoms with Crippen LogP contribution >= 0.6 is 11.6 Å². The first-order valence-electron chi connectivity index (χ1n) is 15.4. The number of H-pyrrole nitrogens is 1. The summed E-state index contributed by atoms with van der Waals surface area (Å²) < 4.78 is 86.7. The Labute approximate surface area is 265 Å². The van der Waals surface area contributed by atoms with Crippen molar-refractivity contribution in [3.05, 3.63) is 35.5 Å².